The summed E-state index contributed by atoms with van der Waals surface area (Å²) in [7, 11) is 1.06. The van der Waals surface area contributed by atoms with Crippen LogP contribution in [0, 0.1) is 0 Å². The minimum Gasteiger partial charge on any atom is -0.492 e. The summed E-state index contributed by atoms with van der Waals surface area (Å²) in [5.41, 5.74) is 1.01. The van der Waals surface area contributed by atoms with Crippen molar-refractivity contribution in [1.29, 1.82) is 0 Å². The first-order chi connectivity index (χ1) is 12.7. The summed E-state index contributed by atoms with van der Waals surface area (Å²) in [6, 6.07) is 7.89. The number of para-hydroxylation sites is 1. The second-order valence-electron chi connectivity index (χ2n) is 6.92. The molecule has 1 unspecified atom stereocenters. The molecule has 0 aliphatic heterocycles. The lowest BCUT2D eigenvalue weighted by Gasteiger charge is -2.18. The van der Waals surface area contributed by atoms with Crippen molar-refractivity contribution in [1.82, 2.24) is 15.5 Å². The lowest BCUT2D eigenvalue weighted by molar-refractivity contribution is 0.259. The summed E-state index contributed by atoms with van der Waals surface area (Å²) >= 11 is 0. The van der Waals surface area contributed by atoms with Crippen LogP contribution in [0.5, 0.6) is 5.75 Å². The maximum atomic E-state index is 11.3. The Morgan fingerprint density at radius 2 is 2.00 bits per heavy atom. The number of rotatable bonds is 11. The number of likely N-dealkylation sites (N-methyl/N-ethyl adjacent to an activating group) is 1. The van der Waals surface area contributed by atoms with Crippen molar-refractivity contribution in [2.24, 2.45) is 4.99 Å². The minimum atomic E-state index is -2.96. The highest BCUT2D eigenvalue weighted by Crippen LogP contribution is 2.18. The molecule has 0 aliphatic rings. The zero-order valence-corrected chi connectivity index (χ0v) is 18.0. The summed E-state index contributed by atoms with van der Waals surface area (Å²) < 4.78 is 28.5. The topological polar surface area (TPSA) is 83.0 Å². The molecule has 0 radical (unpaired) electrons. The molecule has 1 rings (SSSR count). The van der Waals surface area contributed by atoms with E-state index in [1.54, 1.807) is 0 Å². The van der Waals surface area contributed by atoms with Crippen molar-refractivity contribution in [3.05, 3.63) is 29.8 Å². The molecular weight excluding hydrogens is 364 g/mol. The Balaban J connectivity index is 2.71. The van der Waals surface area contributed by atoms with Crippen LogP contribution < -0.4 is 15.4 Å². The largest absolute Gasteiger partial charge is 0.492 e. The van der Waals surface area contributed by atoms with E-state index >= 15 is 0 Å². The van der Waals surface area contributed by atoms with Gasteiger partial charge in [-0.2, -0.15) is 0 Å². The van der Waals surface area contributed by atoms with Gasteiger partial charge in [0.05, 0.1) is 12.3 Å². The SMILES string of the molecule is CCNC(=NCc1ccccc1OCCN(C)C)NC(C)CCS(C)(=O)=O. The van der Waals surface area contributed by atoms with Crippen molar-refractivity contribution >= 4 is 15.8 Å². The molecule has 7 nitrogen and oxygen atoms in total. The van der Waals surface area contributed by atoms with Crippen molar-refractivity contribution in [3.8, 4) is 5.75 Å². The first kappa shape index (κ1) is 23.2. The smallest absolute Gasteiger partial charge is 0.191 e. The van der Waals surface area contributed by atoms with Crippen LogP contribution in [0.2, 0.25) is 0 Å². The van der Waals surface area contributed by atoms with Gasteiger partial charge in [0.15, 0.2) is 5.96 Å². The Labute approximate surface area is 164 Å². The molecule has 0 saturated carbocycles. The molecule has 0 heterocycles. The Kier molecular flexibility index (Phi) is 10.2. The monoisotopic (exact) mass is 398 g/mol. The Morgan fingerprint density at radius 1 is 1.30 bits per heavy atom. The molecule has 2 N–H and O–H groups in total. The number of nitrogens with zero attached hydrogens (tertiary/aromatic N) is 2. The highest BCUT2D eigenvalue weighted by Gasteiger charge is 2.10. The Bertz CT molecular complexity index is 690. The first-order valence-corrected chi connectivity index (χ1v) is 11.3. The third-order valence-electron chi connectivity index (χ3n) is 3.83. The normalized spacial score (nSPS) is 13.5. The quantitative estimate of drug-likeness (QED) is 0.434. The Morgan fingerprint density at radius 3 is 2.63 bits per heavy atom. The molecule has 0 amide bonds. The number of benzene rings is 1. The lowest BCUT2D eigenvalue weighted by atomic mass is 10.2. The summed E-state index contributed by atoms with van der Waals surface area (Å²) in [5.74, 6) is 1.66. The number of hydrogen-bond acceptors (Lipinski definition) is 5. The van der Waals surface area contributed by atoms with E-state index < -0.39 is 9.84 Å². The van der Waals surface area contributed by atoms with E-state index in [1.165, 1.54) is 6.26 Å². The summed E-state index contributed by atoms with van der Waals surface area (Å²) in [5, 5.41) is 6.47. The first-order valence-electron chi connectivity index (χ1n) is 9.29. The molecule has 0 spiro atoms. The number of hydrogen-bond donors (Lipinski definition) is 2. The molecule has 0 bridgehead atoms. The van der Waals surface area contributed by atoms with Gasteiger partial charge in [0, 0.05) is 31.0 Å². The zero-order valence-electron chi connectivity index (χ0n) is 17.2. The van der Waals surface area contributed by atoms with Crippen LogP contribution in [0.15, 0.2) is 29.3 Å². The van der Waals surface area contributed by atoms with Crippen LogP contribution in [0.1, 0.15) is 25.8 Å². The molecule has 8 heteroatoms. The van der Waals surface area contributed by atoms with Gasteiger partial charge in [-0.25, -0.2) is 13.4 Å². The van der Waals surface area contributed by atoms with Crippen molar-refractivity contribution in [3.63, 3.8) is 0 Å². The summed E-state index contributed by atoms with van der Waals surface area (Å²) in [4.78, 5) is 6.70. The van der Waals surface area contributed by atoms with E-state index in [9.17, 15) is 8.42 Å². The molecule has 1 atom stereocenters. The van der Waals surface area contributed by atoms with Crippen LogP contribution in [-0.4, -0.2) is 71.1 Å². The number of aliphatic imine (C=N–C) groups is 1. The lowest BCUT2D eigenvalue weighted by Crippen LogP contribution is -2.42. The van der Waals surface area contributed by atoms with Crippen molar-refractivity contribution < 1.29 is 13.2 Å². The van der Waals surface area contributed by atoms with Crippen LogP contribution in [0.4, 0.5) is 0 Å². The molecule has 0 fully saturated rings. The third-order valence-corrected chi connectivity index (χ3v) is 4.80. The van der Waals surface area contributed by atoms with E-state index in [-0.39, 0.29) is 11.8 Å². The van der Waals surface area contributed by atoms with E-state index in [1.807, 2.05) is 52.2 Å². The molecule has 154 valence electrons. The van der Waals surface area contributed by atoms with Gasteiger partial charge in [0.1, 0.15) is 22.2 Å². The minimum absolute atomic E-state index is 0.00381. The highest BCUT2D eigenvalue weighted by atomic mass is 32.2. The molecular formula is C19H34N4O3S. The van der Waals surface area contributed by atoms with Crippen LogP contribution in [0.3, 0.4) is 0 Å². The second kappa shape index (κ2) is 11.8. The highest BCUT2D eigenvalue weighted by molar-refractivity contribution is 7.90. The summed E-state index contributed by atoms with van der Waals surface area (Å²) in [6.45, 7) is 6.62. The second-order valence-corrected chi connectivity index (χ2v) is 9.18. The zero-order chi connectivity index (χ0) is 20.3. The van der Waals surface area contributed by atoms with Gasteiger partial charge in [-0.15, -0.1) is 0 Å². The van der Waals surface area contributed by atoms with Gasteiger partial charge in [0.25, 0.3) is 0 Å². The number of ether oxygens (including phenoxy) is 1. The predicted molar refractivity (Wildman–Crippen MR) is 112 cm³/mol. The van der Waals surface area contributed by atoms with Gasteiger partial charge in [-0.1, -0.05) is 18.2 Å². The van der Waals surface area contributed by atoms with Gasteiger partial charge >= 0.3 is 0 Å². The number of nitrogens with one attached hydrogen (secondary N) is 2. The van der Waals surface area contributed by atoms with Crippen LogP contribution in [-0.2, 0) is 16.4 Å². The maximum absolute atomic E-state index is 11.3. The van der Waals surface area contributed by atoms with E-state index in [0.717, 1.165) is 24.4 Å². The number of guanidine groups is 1. The molecule has 0 aromatic heterocycles. The van der Waals surface area contributed by atoms with E-state index in [0.29, 0.717) is 25.5 Å². The fourth-order valence-corrected chi connectivity index (χ4v) is 3.08. The van der Waals surface area contributed by atoms with Gasteiger partial charge < -0.3 is 20.3 Å². The van der Waals surface area contributed by atoms with E-state index in [4.69, 9.17) is 4.74 Å². The summed E-state index contributed by atoms with van der Waals surface area (Å²) in [6.07, 6.45) is 1.79. The predicted octanol–water partition coefficient (Wildman–Crippen LogP) is 1.51. The third kappa shape index (κ3) is 10.8. The average molecular weight is 399 g/mol. The molecule has 1 aromatic rings. The number of sulfone groups is 1. The van der Waals surface area contributed by atoms with E-state index in [2.05, 4.69) is 20.5 Å². The average Bonchev–Trinajstić information content (AvgIpc) is 2.58. The fourth-order valence-electron chi connectivity index (χ4n) is 2.29. The van der Waals surface area contributed by atoms with Gasteiger partial charge in [-0.05, 0) is 40.4 Å². The molecule has 0 aliphatic carbocycles. The fraction of sp³-hybridized carbons (Fsp3) is 0.632. The van der Waals surface area contributed by atoms with Crippen LogP contribution in [0.25, 0.3) is 0 Å². The molecule has 1 aromatic carbocycles. The standard InChI is InChI=1S/C19H34N4O3S/c1-6-20-19(22-16(2)11-14-27(5,24)25)21-15-17-9-7-8-10-18(17)26-13-12-23(3)4/h7-10,16H,6,11-15H2,1-5H3,(H2,20,21,22). The maximum Gasteiger partial charge on any atom is 0.191 e. The Hall–Kier alpha value is -1.80. The molecule has 0 saturated heterocycles. The van der Waals surface area contributed by atoms with Crippen molar-refractivity contribution in [2.45, 2.75) is 32.9 Å². The van der Waals surface area contributed by atoms with Gasteiger partial charge in [0.2, 0.25) is 0 Å². The van der Waals surface area contributed by atoms with Crippen LogP contribution >= 0.6 is 0 Å². The molecule has 27 heavy (non-hydrogen) atoms. The van der Waals surface area contributed by atoms with Gasteiger partial charge in [-0.3, -0.25) is 0 Å². The van der Waals surface area contributed by atoms with Crippen molar-refractivity contribution in [2.75, 3.05) is 45.8 Å².